The van der Waals surface area contributed by atoms with E-state index in [4.69, 9.17) is 4.74 Å². The standard InChI is InChI=1S/C13H17N3O3/c1-8-7-9(19-2)3-4-10(8)15-13(18)16-11-5-6-14-12(11)17/h3-4,7,11H,5-6H2,1-2H3,(H,14,17)(H2,15,16,18)/t11-/m1/s1. The van der Waals surface area contributed by atoms with Gasteiger partial charge in [-0.25, -0.2) is 4.79 Å². The van der Waals surface area contributed by atoms with Gasteiger partial charge in [0, 0.05) is 12.2 Å². The quantitative estimate of drug-likeness (QED) is 0.761. The summed E-state index contributed by atoms with van der Waals surface area (Å²) in [5.41, 5.74) is 1.59. The zero-order valence-electron chi connectivity index (χ0n) is 10.9. The minimum absolute atomic E-state index is 0.137. The van der Waals surface area contributed by atoms with Crippen molar-refractivity contribution in [3.63, 3.8) is 0 Å². The molecule has 1 aliphatic heterocycles. The third kappa shape index (κ3) is 3.15. The van der Waals surface area contributed by atoms with E-state index in [-0.39, 0.29) is 11.9 Å². The summed E-state index contributed by atoms with van der Waals surface area (Å²) >= 11 is 0. The molecule has 1 saturated heterocycles. The molecule has 3 amide bonds. The van der Waals surface area contributed by atoms with Crippen LogP contribution in [-0.2, 0) is 4.79 Å². The number of anilines is 1. The van der Waals surface area contributed by atoms with Gasteiger partial charge < -0.3 is 20.7 Å². The molecule has 0 aliphatic carbocycles. The first-order valence-electron chi connectivity index (χ1n) is 6.10. The second kappa shape index (κ2) is 5.60. The molecule has 0 bridgehead atoms. The first kappa shape index (κ1) is 13.2. The Labute approximate surface area is 111 Å². The van der Waals surface area contributed by atoms with Gasteiger partial charge in [-0.05, 0) is 37.1 Å². The van der Waals surface area contributed by atoms with Gasteiger partial charge in [0.15, 0.2) is 0 Å². The number of nitrogens with one attached hydrogen (secondary N) is 3. The van der Waals surface area contributed by atoms with E-state index in [1.165, 1.54) is 0 Å². The Morgan fingerprint density at radius 1 is 1.47 bits per heavy atom. The van der Waals surface area contributed by atoms with Crippen molar-refractivity contribution in [3.8, 4) is 5.75 Å². The van der Waals surface area contributed by atoms with E-state index in [1.54, 1.807) is 19.2 Å². The summed E-state index contributed by atoms with van der Waals surface area (Å²) in [6, 6.07) is 4.54. The Kier molecular flexibility index (Phi) is 3.89. The smallest absolute Gasteiger partial charge is 0.319 e. The number of rotatable bonds is 3. The molecule has 2 rings (SSSR count). The van der Waals surface area contributed by atoms with Gasteiger partial charge in [-0.1, -0.05) is 0 Å². The topological polar surface area (TPSA) is 79.5 Å². The fraction of sp³-hybridized carbons (Fsp3) is 0.385. The second-order valence-electron chi connectivity index (χ2n) is 4.41. The van der Waals surface area contributed by atoms with Crippen molar-refractivity contribution < 1.29 is 14.3 Å². The highest BCUT2D eigenvalue weighted by Crippen LogP contribution is 2.20. The van der Waals surface area contributed by atoms with Crippen LogP contribution in [-0.4, -0.2) is 31.6 Å². The molecule has 6 heteroatoms. The van der Waals surface area contributed by atoms with Crippen molar-refractivity contribution in [2.45, 2.75) is 19.4 Å². The maximum Gasteiger partial charge on any atom is 0.319 e. The van der Waals surface area contributed by atoms with Crippen LogP contribution in [0.3, 0.4) is 0 Å². The number of hydrogen-bond acceptors (Lipinski definition) is 3. The van der Waals surface area contributed by atoms with Crippen LogP contribution in [0.4, 0.5) is 10.5 Å². The van der Waals surface area contributed by atoms with Gasteiger partial charge in [0.2, 0.25) is 5.91 Å². The molecule has 0 saturated carbocycles. The summed E-state index contributed by atoms with van der Waals surface area (Å²) in [7, 11) is 1.59. The molecule has 3 N–H and O–H groups in total. The predicted octanol–water partition coefficient (Wildman–Crippen LogP) is 1.01. The summed E-state index contributed by atoms with van der Waals surface area (Å²) in [6.07, 6.45) is 0.619. The lowest BCUT2D eigenvalue weighted by molar-refractivity contribution is -0.120. The number of benzene rings is 1. The highest BCUT2D eigenvalue weighted by molar-refractivity contribution is 5.94. The van der Waals surface area contributed by atoms with Crippen molar-refractivity contribution in [1.29, 1.82) is 0 Å². The van der Waals surface area contributed by atoms with Crippen LogP contribution in [0.15, 0.2) is 18.2 Å². The number of carbonyl (C=O) groups excluding carboxylic acids is 2. The van der Waals surface area contributed by atoms with E-state index in [0.29, 0.717) is 18.7 Å². The Balaban J connectivity index is 1.97. The number of methoxy groups -OCH3 is 1. The van der Waals surface area contributed by atoms with Crippen LogP contribution in [0.2, 0.25) is 0 Å². The fourth-order valence-corrected chi connectivity index (χ4v) is 1.95. The van der Waals surface area contributed by atoms with Crippen LogP contribution >= 0.6 is 0 Å². The summed E-state index contributed by atoms with van der Waals surface area (Å²) in [5, 5.41) is 8.03. The largest absolute Gasteiger partial charge is 0.497 e. The summed E-state index contributed by atoms with van der Waals surface area (Å²) in [6.45, 7) is 2.48. The maximum atomic E-state index is 11.8. The molecule has 0 aromatic heterocycles. The summed E-state index contributed by atoms with van der Waals surface area (Å²) in [4.78, 5) is 23.1. The Morgan fingerprint density at radius 3 is 2.84 bits per heavy atom. The Hall–Kier alpha value is -2.24. The lowest BCUT2D eigenvalue weighted by Gasteiger charge is -2.13. The zero-order chi connectivity index (χ0) is 13.8. The molecule has 6 nitrogen and oxygen atoms in total. The second-order valence-corrected chi connectivity index (χ2v) is 4.41. The first-order chi connectivity index (χ1) is 9.10. The van der Waals surface area contributed by atoms with Crippen molar-refractivity contribution in [1.82, 2.24) is 10.6 Å². The highest BCUT2D eigenvalue weighted by atomic mass is 16.5. The average molecular weight is 263 g/mol. The molecular weight excluding hydrogens is 246 g/mol. The molecule has 1 aromatic rings. The van der Waals surface area contributed by atoms with Crippen LogP contribution in [0.25, 0.3) is 0 Å². The van der Waals surface area contributed by atoms with Gasteiger partial charge in [0.05, 0.1) is 7.11 Å². The molecular formula is C13H17N3O3. The number of hydrogen-bond donors (Lipinski definition) is 3. The SMILES string of the molecule is COc1ccc(NC(=O)N[C@@H]2CCNC2=O)c(C)c1. The molecule has 0 unspecified atom stereocenters. The molecule has 1 fully saturated rings. The summed E-state index contributed by atoms with van der Waals surface area (Å²) in [5.74, 6) is 0.597. The van der Waals surface area contributed by atoms with Crippen molar-refractivity contribution in [2.24, 2.45) is 0 Å². The minimum Gasteiger partial charge on any atom is -0.497 e. The van der Waals surface area contributed by atoms with E-state index in [9.17, 15) is 9.59 Å². The zero-order valence-corrected chi connectivity index (χ0v) is 10.9. The molecule has 1 aromatic carbocycles. The van der Waals surface area contributed by atoms with Crippen LogP contribution < -0.4 is 20.7 Å². The molecule has 19 heavy (non-hydrogen) atoms. The molecule has 1 heterocycles. The average Bonchev–Trinajstić information content (AvgIpc) is 2.77. The van der Waals surface area contributed by atoms with Crippen LogP contribution in [0.5, 0.6) is 5.75 Å². The number of amides is 3. The molecule has 1 aliphatic rings. The number of ether oxygens (including phenoxy) is 1. The Bertz CT molecular complexity index is 502. The Morgan fingerprint density at radius 2 is 2.26 bits per heavy atom. The molecule has 1 atom stereocenters. The van der Waals surface area contributed by atoms with E-state index >= 15 is 0 Å². The normalized spacial score (nSPS) is 17.8. The third-order valence-electron chi connectivity index (χ3n) is 3.04. The van der Waals surface area contributed by atoms with Gasteiger partial charge in [0.1, 0.15) is 11.8 Å². The van der Waals surface area contributed by atoms with Gasteiger partial charge in [-0.15, -0.1) is 0 Å². The highest BCUT2D eigenvalue weighted by Gasteiger charge is 2.25. The predicted molar refractivity (Wildman–Crippen MR) is 71.3 cm³/mol. The molecule has 0 spiro atoms. The number of aryl methyl sites for hydroxylation is 1. The van der Waals surface area contributed by atoms with Gasteiger partial charge >= 0.3 is 6.03 Å². The third-order valence-corrected chi connectivity index (χ3v) is 3.04. The van der Waals surface area contributed by atoms with Crippen LogP contribution in [0.1, 0.15) is 12.0 Å². The van der Waals surface area contributed by atoms with E-state index in [2.05, 4.69) is 16.0 Å². The van der Waals surface area contributed by atoms with Crippen molar-refractivity contribution in [2.75, 3.05) is 19.0 Å². The van der Waals surface area contributed by atoms with E-state index in [1.807, 2.05) is 13.0 Å². The minimum atomic E-state index is -0.446. The van der Waals surface area contributed by atoms with Gasteiger partial charge in [-0.3, -0.25) is 4.79 Å². The first-order valence-corrected chi connectivity index (χ1v) is 6.10. The van der Waals surface area contributed by atoms with Crippen molar-refractivity contribution >= 4 is 17.6 Å². The van der Waals surface area contributed by atoms with E-state index < -0.39 is 6.04 Å². The lowest BCUT2D eigenvalue weighted by atomic mass is 10.2. The summed E-state index contributed by atoms with van der Waals surface area (Å²) < 4.78 is 5.10. The fourth-order valence-electron chi connectivity index (χ4n) is 1.95. The van der Waals surface area contributed by atoms with Crippen molar-refractivity contribution in [3.05, 3.63) is 23.8 Å². The lowest BCUT2D eigenvalue weighted by Crippen LogP contribution is -2.42. The van der Waals surface area contributed by atoms with Crippen LogP contribution in [0, 0.1) is 6.92 Å². The molecule has 102 valence electrons. The van der Waals surface area contributed by atoms with Gasteiger partial charge in [-0.2, -0.15) is 0 Å². The number of carbonyl (C=O) groups is 2. The number of urea groups is 1. The van der Waals surface area contributed by atoms with Gasteiger partial charge in [0.25, 0.3) is 0 Å². The molecule has 0 radical (unpaired) electrons. The van der Waals surface area contributed by atoms with E-state index in [0.717, 1.165) is 11.3 Å². The maximum absolute atomic E-state index is 11.8. The monoisotopic (exact) mass is 263 g/mol.